The molecule has 0 aliphatic heterocycles. The smallest absolute Gasteiger partial charge is 0.270 e. The van der Waals surface area contributed by atoms with E-state index < -0.39 is 0 Å². The molecule has 3 nitrogen and oxygen atoms in total. The Labute approximate surface area is 77.8 Å². The van der Waals surface area contributed by atoms with Crippen LogP contribution in [0.25, 0.3) is 0 Å². The summed E-state index contributed by atoms with van der Waals surface area (Å²) in [4.78, 5) is 16.0. The number of H-pyrrole nitrogens is 1. The average Bonchev–Trinajstić information content (AvgIpc) is 2.67. The molecule has 68 valence electrons. The molecule has 0 saturated heterocycles. The van der Waals surface area contributed by atoms with Gasteiger partial charge in [0.25, 0.3) is 5.91 Å². The number of carbonyl (C=O) groups is 1. The Morgan fingerprint density at radius 2 is 2.46 bits per heavy atom. The highest BCUT2D eigenvalue weighted by Crippen LogP contribution is 2.03. The first-order valence-electron chi connectivity index (χ1n) is 4.03. The second-order valence-electron chi connectivity index (χ2n) is 2.84. The molecule has 0 aliphatic rings. The molecule has 1 amide bonds. The molecular weight excluding hydrogens is 164 g/mol. The van der Waals surface area contributed by atoms with Crippen LogP contribution >= 0.6 is 0 Å². The lowest BCUT2D eigenvalue weighted by molar-refractivity contribution is 0.0769. The summed E-state index contributed by atoms with van der Waals surface area (Å²) in [6.45, 7) is 1.81. The Balaban J connectivity index is 2.75. The van der Waals surface area contributed by atoms with Crippen molar-refractivity contribution in [3.8, 4) is 12.3 Å². The Bertz CT molecular complexity index is 321. The van der Waals surface area contributed by atoms with Gasteiger partial charge in [-0.1, -0.05) is 5.92 Å². The van der Waals surface area contributed by atoms with Crippen molar-refractivity contribution >= 4 is 5.91 Å². The van der Waals surface area contributed by atoms with Gasteiger partial charge in [-0.15, -0.1) is 6.42 Å². The van der Waals surface area contributed by atoms with E-state index in [0.717, 1.165) is 0 Å². The number of aromatic amines is 1. The third kappa shape index (κ3) is 1.91. The second kappa shape index (κ2) is 3.81. The molecule has 1 N–H and O–H groups in total. The zero-order valence-electron chi connectivity index (χ0n) is 7.74. The Morgan fingerprint density at radius 3 is 2.92 bits per heavy atom. The minimum absolute atomic E-state index is 0.0875. The fourth-order valence-corrected chi connectivity index (χ4v) is 0.941. The van der Waals surface area contributed by atoms with Gasteiger partial charge in [-0.2, -0.15) is 0 Å². The number of carbonyl (C=O) groups excluding carboxylic acids is 1. The summed E-state index contributed by atoms with van der Waals surface area (Å²) < 4.78 is 0. The lowest BCUT2D eigenvalue weighted by Gasteiger charge is -2.19. The first-order chi connectivity index (χ1) is 6.16. The number of amides is 1. The summed E-state index contributed by atoms with van der Waals surface area (Å²) in [5.74, 6) is 2.41. The maximum Gasteiger partial charge on any atom is 0.270 e. The van der Waals surface area contributed by atoms with Crippen molar-refractivity contribution in [3.63, 3.8) is 0 Å². The molecule has 0 aliphatic carbocycles. The van der Waals surface area contributed by atoms with Crippen LogP contribution < -0.4 is 0 Å². The maximum absolute atomic E-state index is 11.6. The van der Waals surface area contributed by atoms with Gasteiger partial charge in [0.1, 0.15) is 5.69 Å². The fraction of sp³-hybridized carbons (Fsp3) is 0.300. The SMILES string of the molecule is C#CC(C)N(C)C(=O)c1ccc[nH]1. The minimum atomic E-state index is -0.184. The molecule has 1 atom stereocenters. The molecule has 13 heavy (non-hydrogen) atoms. The van der Waals surface area contributed by atoms with Crippen molar-refractivity contribution in [2.24, 2.45) is 0 Å². The zero-order chi connectivity index (χ0) is 9.84. The molecule has 0 radical (unpaired) electrons. The van der Waals surface area contributed by atoms with Crippen LogP contribution in [-0.2, 0) is 0 Å². The van der Waals surface area contributed by atoms with E-state index in [-0.39, 0.29) is 11.9 Å². The normalized spacial score (nSPS) is 11.8. The predicted molar refractivity (Wildman–Crippen MR) is 51.2 cm³/mol. The van der Waals surface area contributed by atoms with Gasteiger partial charge in [0, 0.05) is 13.2 Å². The van der Waals surface area contributed by atoms with Crippen LogP contribution in [-0.4, -0.2) is 28.9 Å². The van der Waals surface area contributed by atoms with E-state index in [0.29, 0.717) is 5.69 Å². The van der Waals surface area contributed by atoms with E-state index in [2.05, 4.69) is 10.9 Å². The maximum atomic E-state index is 11.6. The van der Waals surface area contributed by atoms with Crippen molar-refractivity contribution in [2.45, 2.75) is 13.0 Å². The van der Waals surface area contributed by atoms with E-state index in [1.165, 1.54) is 4.90 Å². The molecule has 0 saturated carbocycles. The van der Waals surface area contributed by atoms with Crippen LogP contribution in [0, 0.1) is 12.3 Å². The van der Waals surface area contributed by atoms with Gasteiger partial charge < -0.3 is 9.88 Å². The minimum Gasteiger partial charge on any atom is -0.357 e. The van der Waals surface area contributed by atoms with Crippen LogP contribution in [0.1, 0.15) is 17.4 Å². The number of terminal acetylenes is 1. The summed E-state index contributed by atoms with van der Waals surface area (Å²) in [6, 6.07) is 3.32. The summed E-state index contributed by atoms with van der Waals surface area (Å²) in [5.41, 5.74) is 0.560. The number of nitrogens with one attached hydrogen (secondary N) is 1. The van der Waals surface area contributed by atoms with E-state index in [4.69, 9.17) is 6.42 Å². The molecule has 3 heteroatoms. The lowest BCUT2D eigenvalue weighted by atomic mass is 10.3. The highest BCUT2D eigenvalue weighted by molar-refractivity contribution is 5.92. The molecular formula is C10H12N2O. The third-order valence-electron chi connectivity index (χ3n) is 1.97. The van der Waals surface area contributed by atoms with Crippen LogP contribution in [0.4, 0.5) is 0 Å². The highest BCUT2D eigenvalue weighted by atomic mass is 16.2. The van der Waals surface area contributed by atoms with Gasteiger partial charge in [-0.25, -0.2) is 0 Å². The van der Waals surface area contributed by atoms with Crippen LogP contribution in [0.15, 0.2) is 18.3 Å². The van der Waals surface area contributed by atoms with Gasteiger partial charge in [0.05, 0.1) is 6.04 Å². The first-order valence-corrected chi connectivity index (χ1v) is 4.03. The van der Waals surface area contributed by atoms with Crippen LogP contribution in [0.3, 0.4) is 0 Å². The van der Waals surface area contributed by atoms with Gasteiger partial charge in [-0.3, -0.25) is 4.79 Å². The Morgan fingerprint density at radius 1 is 1.77 bits per heavy atom. The van der Waals surface area contributed by atoms with E-state index in [1.807, 2.05) is 0 Å². The number of hydrogen-bond acceptors (Lipinski definition) is 1. The van der Waals surface area contributed by atoms with Crippen molar-refractivity contribution in [3.05, 3.63) is 24.0 Å². The van der Waals surface area contributed by atoms with Crippen molar-refractivity contribution in [2.75, 3.05) is 7.05 Å². The van der Waals surface area contributed by atoms with Gasteiger partial charge in [0.2, 0.25) is 0 Å². The molecule has 0 fully saturated rings. The molecule has 1 heterocycles. The first kappa shape index (κ1) is 9.40. The van der Waals surface area contributed by atoms with E-state index >= 15 is 0 Å². The fourth-order valence-electron chi connectivity index (χ4n) is 0.941. The van der Waals surface area contributed by atoms with Crippen LogP contribution in [0.2, 0.25) is 0 Å². The van der Waals surface area contributed by atoms with Gasteiger partial charge >= 0.3 is 0 Å². The number of rotatable bonds is 2. The van der Waals surface area contributed by atoms with Crippen LogP contribution in [0.5, 0.6) is 0 Å². The second-order valence-corrected chi connectivity index (χ2v) is 2.84. The quantitative estimate of drug-likeness (QED) is 0.673. The van der Waals surface area contributed by atoms with Gasteiger partial charge in [0.15, 0.2) is 0 Å². The van der Waals surface area contributed by atoms with Crippen molar-refractivity contribution in [1.82, 2.24) is 9.88 Å². The van der Waals surface area contributed by atoms with Gasteiger partial charge in [-0.05, 0) is 19.1 Å². The molecule has 1 aromatic rings. The average molecular weight is 176 g/mol. The summed E-state index contributed by atoms with van der Waals surface area (Å²) in [6.07, 6.45) is 6.92. The summed E-state index contributed by atoms with van der Waals surface area (Å²) in [7, 11) is 1.69. The summed E-state index contributed by atoms with van der Waals surface area (Å²) >= 11 is 0. The van der Waals surface area contributed by atoms with E-state index in [9.17, 15) is 4.79 Å². The molecule has 0 aromatic carbocycles. The molecule has 0 bridgehead atoms. The van der Waals surface area contributed by atoms with E-state index in [1.54, 1.807) is 32.3 Å². The molecule has 1 rings (SSSR count). The molecule has 0 spiro atoms. The summed E-state index contributed by atoms with van der Waals surface area (Å²) in [5, 5.41) is 0. The van der Waals surface area contributed by atoms with Crippen molar-refractivity contribution < 1.29 is 4.79 Å². The topological polar surface area (TPSA) is 36.1 Å². The monoisotopic (exact) mass is 176 g/mol. The van der Waals surface area contributed by atoms with Crippen molar-refractivity contribution in [1.29, 1.82) is 0 Å². The highest BCUT2D eigenvalue weighted by Gasteiger charge is 2.15. The Hall–Kier alpha value is -1.69. The molecule has 1 aromatic heterocycles. The number of aromatic nitrogens is 1. The molecule has 1 unspecified atom stereocenters. The predicted octanol–water partition coefficient (Wildman–Crippen LogP) is 1.11. The largest absolute Gasteiger partial charge is 0.357 e. The number of nitrogens with zero attached hydrogens (tertiary/aromatic N) is 1. The number of hydrogen-bond donors (Lipinski definition) is 1. The lowest BCUT2D eigenvalue weighted by Crippen LogP contribution is -2.34. The Kier molecular flexibility index (Phi) is 2.76. The zero-order valence-corrected chi connectivity index (χ0v) is 7.74. The standard InChI is InChI=1S/C10H12N2O/c1-4-8(2)12(3)10(13)9-6-5-7-11-9/h1,5-8,11H,2-3H3. The third-order valence-corrected chi connectivity index (χ3v) is 1.97.